The van der Waals surface area contributed by atoms with Gasteiger partial charge < -0.3 is 10.5 Å². The molecule has 1 saturated carbocycles. The Hall–Kier alpha value is -0.450. The molecule has 0 aromatic rings. The smallest absolute Gasteiger partial charge is 0.150 e. The number of ether oxygens (including phenoxy) is 1. The van der Waals surface area contributed by atoms with Crippen molar-refractivity contribution in [1.29, 1.82) is 0 Å². The van der Waals surface area contributed by atoms with Crippen molar-refractivity contribution >= 4 is 5.78 Å². The molecule has 2 heterocycles. The minimum absolute atomic E-state index is 0.0861. The van der Waals surface area contributed by atoms with Crippen molar-refractivity contribution in [1.82, 2.24) is 4.90 Å². The van der Waals surface area contributed by atoms with E-state index in [1.165, 1.54) is 6.42 Å². The Morgan fingerprint density at radius 2 is 2.00 bits per heavy atom. The van der Waals surface area contributed by atoms with E-state index < -0.39 is 0 Å². The lowest BCUT2D eigenvalue weighted by atomic mass is 9.71. The van der Waals surface area contributed by atoms with E-state index in [-0.39, 0.29) is 11.5 Å². The summed E-state index contributed by atoms with van der Waals surface area (Å²) in [7, 11) is 0. The average Bonchev–Trinajstić information content (AvgIpc) is 2.40. The van der Waals surface area contributed by atoms with E-state index in [1.54, 1.807) is 0 Å². The maximum Gasteiger partial charge on any atom is 0.150 e. The molecule has 19 heavy (non-hydrogen) atoms. The summed E-state index contributed by atoms with van der Waals surface area (Å²) < 4.78 is 5.90. The van der Waals surface area contributed by atoms with Gasteiger partial charge in [-0.05, 0) is 44.9 Å². The summed E-state index contributed by atoms with van der Waals surface area (Å²) in [4.78, 5) is 14.7. The molecule has 2 N–H and O–H groups in total. The number of likely N-dealkylation sites (tertiary alicyclic amines) is 1. The molecule has 1 unspecified atom stereocenters. The van der Waals surface area contributed by atoms with Gasteiger partial charge in [0.15, 0.2) is 0 Å². The Morgan fingerprint density at radius 3 is 2.63 bits per heavy atom. The fraction of sp³-hybridized carbons (Fsp3) is 0.933. The zero-order chi connectivity index (χ0) is 13.3. The maximum atomic E-state index is 12.4. The first-order valence-corrected chi connectivity index (χ1v) is 7.81. The van der Waals surface area contributed by atoms with Gasteiger partial charge in [0.2, 0.25) is 0 Å². The van der Waals surface area contributed by atoms with Crippen molar-refractivity contribution in [3.05, 3.63) is 0 Å². The Labute approximate surface area is 115 Å². The van der Waals surface area contributed by atoms with Crippen LogP contribution in [-0.4, -0.2) is 48.6 Å². The van der Waals surface area contributed by atoms with Crippen LogP contribution in [0.2, 0.25) is 0 Å². The first-order valence-electron chi connectivity index (χ1n) is 7.81. The molecule has 0 aromatic heterocycles. The molecule has 1 aliphatic carbocycles. The molecule has 0 radical (unpaired) electrons. The van der Waals surface area contributed by atoms with Crippen LogP contribution in [0, 0.1) is 5.92 Å². The number of nitrogens with two attached hydrogens (primary N) is 1. The number of nitrogens with zero attached hydrogens (tertiary/aromatic N) is 1. The van der Waals surface area contributed by atoms with Gasteiger partial charge in [0.25, 0.3) is 0 Å². The molecule has 3 rings (SSSR count). The van der Waals surface area contributed by atoms with Crippen molar-refractivity contribution in [3.63, 3.8) is 0 Å². The van der Waals surface area contributed by atoms with Crippen LogP contribution in [0.5, 0.6) is 0 Å². The topological polar surface area (TPSA) is 55.6 Å². The second kappa shape index (κ2) is 5.51. The summed E-state index contributed by atoms with van der Waals surface area (Å²) in [6.07, 6.45) is 7.55. The lowest BCUT2D eigenvalue weighted by molar-refractivity contribution is -0.156. The summed E-state index contributed by atoms with van der Waals surface area (Å²) >= 11 is 0. The van der Waals surface area contributed by atoms with Crippen LogP contribution < -0.4 is 5.73 Å². The van der Waals surface area contributed by atoms with E-state index in [0.717, 1.165) is 58.2 Å². The number of ketones is 1. The predicted octanol–water partition coefficient (Wildman–Crippen LogP) is 1.33. The Kier molecular flexibility index (Phi) is 3.92. The number of carbonyl (C=O) groups excluding carboxylic acids is 1. The van der Waals surface area contributed by atoms with Crippen LogP contribution in [-0.2, 0) is 9.53 Å². The van der Waals surface area contributed by atoms with Crippen molar-refractivity contribution in [2.75, 3.05) is 26.2 Å². The molecule has 0 aromatic carbocycles. The van der Waals surface area contributed by atoms with E-state index in [9.17, 15) is 4.79 Å². The van der Waals surface area contributed by atoms with Gasteiger partial charge in [-0.15, -0.1) is 0 Å². The van der Waals surface area contributed by atoms with Gasteiger partial charge >= 0.3 is 0 Å². The van der Waals surface area contributed by atoms with Crippen molar-refractivity contribution in [3.8, 4) is 0 Å². The molecule has 2 saturated heterocycles. The largest absolute Gasteiger partial charge is 0.375 e. The molecule has 108 valence electrons. The van der Waals surface area contributed by atoms with Gasteiger partial charge in [-0.25, -0.2) is 0 Å². The second-order valence-corrected chi connectivity index (χ2v) is 6.65. The van der Waals surface area contributed by atoms with Crippen molar-refractivity contribution in [2.45, 2.75) is 56.6 Å². The quantitative estimate of drug-likeness (QED) is 0.837. The number of hydrogen-bond donors (Lipinski definition) is 1. The molecule has 2 aliphatic heterocycles. The van der Waals surface area contributed by atoms with Crippen molar-refractivity contribution < 1.29 is 9.53 Å². The monoisotopic (exact) mass is 266 g/mol. The van der Waals surface area contributed by atoms with Gasteiger partial charge in [0, 0.05) is 31.7 Å². The van der Waals surface area contributed by atoms with Crippen LogP contribution in [0.3, 0.4) is 0 Å². The molecule has 3 aliphatic rings. The van der Waals surface area contributed by atoms with Crippen LogP contribution in [0.25, 0.3) is 0 Å². The molecule has 1 atom stereocenters. The number of piperidine rings is 1. The third-order valence-corrected chi connectivity index (χ3v) is 5.22. The molecule has 4 heteroatoms. The molecular weight excluding hydrogens is 240 g/mol. The molecular formula is C15H26N2O2. The first kappa shape index (κ1) is 13.5. The van der Waals surface area contributed by atoms with E-state index in [2.05, 4.69) is 4.90 Å². The Balaban J connectivity index is 1.49. The number of rotatable bonds is 3. The molecule has 4 nitrogen and oxygen atoms in total. The zero-order valence-electron chi connectivity index (χ0n) is 11.8. The SMILES string of the molecule is NC1CCN(CC(=O)C2CCOC3(CCC3)C2)CC1. The molecule has 1 spiro atoms. The fourth-order valence-electron chi connectivity index (χ4n) is 3.68. The van der Waals surface area contributed by atoms with E-state index in [1.807, 2.05) is 0 Å². The van der Waals surface area contributed by atoms with E-state index >= 15 is 0 Å². The van der Waals surface area contributed by atoms with Crippen LogP contribution in [0.15, 0.2) is 0 Å². The van der Waals surface area contributed by atoms with E-state index in [0.29, 0.717) is 18.4 Å². The predicted molar refractivity (Wildman–Crippen MR) is 73.9 cm³/mol. The average molecular weight is 266 g/mol. The summed E-state index contributed by atoms with van der Waals surface area (Å²) in [5.74, 6) is 0.676. The van der Waals surface area contributed by atoms with Crippen LogP contribution >= 0.6 is 0 Å². The highest BCUT2D eigenvalue weighted by molar-refractivity contribution is 5.83. The van der Waals surface area contributed by atoms with E-state index in [4.69, 9.17) is 10.5 Å². The highest BCUT2D eigenvalue weighted by Gasteiger charge is 2.44. The van der Waals surface area contributed by atoms with Gasteiger partial charge in [0.05, 0.1) is 12.1 Å². The highest BCUT2D eigenvalue weighted by Crippen LogP contribution is 2.44. The summed E-state index contributed by atoms with van der Waals surface area (Å²) in [6, 6.07) is 0.340. The molecule has 0 amide bonds. The lowest BCUT2D eigenvalue weighted by Gasteiger charge is -2.47. The fourth-order valence-corrected chi connectivity index (χ4v) is 3.68. The Morgan fingerprint density at radius 1 is 1.26 bits per heavy atom. The number of hydrogen-bond acceptors (Lipinski definition) is 4. The van der Waals surface area contributed by atoms with Crippen LogP contribution in [0.1, 0.15) is 44.9 Å². The standard InChI is InChI=1S/C15H26N2O2/c16-13-2-7-17(8-3-13)11-14(18)12-4-9-19-15(10-12)5-1-6-15/h12-13H,1-11,16H2. The number of carbonyl (C=O) groups is 1. The minimum atomic E-state index is 0.0861. The van der Waals surface area contributed by atoms with Gasteiger partial charge in [0.1, 0.15) is 5.78 Å². The Bertz CT molecular complexity index is 333. The van der Waals surface area contributed by atoms with Gasteiger partial charge in [-0.3, -0.25) is 9.69 Å². The summed E-state index contributed by atoms with van der Waals surface area (Å²) in [5, 5.41) is 0. The normalized spacial score (nSPS) is 32.2. The summed E-state index contributed by atoms with van der Waals surface area (Å²) in [5.41, 5.74) is 5.99. The third-order valence-electron chi connectivity index (χ3n) is 5.22. The zero-order valence-corrected chi connectivity index (χ0v) is 11.8. The number of Topliss-reactive ketones (excluding diaryl/α,β-unsaturated/α-hetero) is 1. The molecule has 3 fully saturated rings. The first-order chi connectivity index (χ1) is 9.17. The lowest BCUT2D eigenvalue weighted by Crippen LogP contribution is -2.49. The summed E-state index contributed by atoms with van der Waals surface area (Å²) in [6.45, 7) is 3.39. The van der Waals surface area contributed by atoms with Gasteiger partial charge in [-0.2, -0.15) is 0 Å². The third kappa shape index (κ3) is 3.01. The second-order valence-electron chi connectivity index (χ2n) is 6.65. The van der Waals surface area contributed by atoms with Crippen LogP contribution in [0.4, 0.5) is 0 Å². The van der Waals surface area contributed by atoms with Gasteiger partial charge in [-0.1, -0.05) is 0 Å². The maximum absolute atomic E-state index is 12.4. The molecule has 0 bridgehead atoms. The minimum Gasteiger partial charge on any atom is -0.375 e. The van der Waals surface area contributed by atoms with Crippen molar-refractivity contribution in [2.24, 2.45) is 11.7 Å². The highest BCUT2D eigenvalue weighted by atomic mass is 16.5.